The molecule has 0 bridgehead atoms. The molecule has 0 aliphatic rings. The lowest BCUT2D eigenvalue weighted by molar-refractivity contribution is 0.593. The standard InChI is InChI=1S/C15H19N3O2S/c1-10-9-11(2)15(12(3)14(10)16)21(19,20)18(4)13-5-7-17-8-6-13/h5-9H,16H2,1-4H3. The lowest BCUT2D eigenvalue weighted by Gasteiger charge is -2.23. The van der Waals surface area contributed by atoms with E-state index >= 15 is 0 Å². The Hall–Kier alpha value is -2.08. The molecule has 0 unspecified atom stereocenters. The zero-order chi connectivity index (χ0) is 15.8. The monoisotopic (exact) mass is 305 g/mol. The molecule has 5 nitrogen and oxygen atoms in total. The average molecular weight is 305 g/mol. The van der Waals surface area contributed by atoms with Crippen molar-refractivity contribution in [3.05, 3.63) is 47.3 Å². The normalized spacial score (nSPS) is 11.4. The molecule has 2 aromatic rings. The molecule has 0 atom stereocenters. The number of aromatic nitrogens is 1. The van der Waals surface area contributed by atoms with Crippen LogP contribution in [0.2, 0.25) is 0 Å². The van der Waals surface area contributed by atoms with Crippen LogP contribution in [0.5, 0.6) is 0 Å². The molecule has 0 saturated heterocycles. The van der Waals surface area contributed by atoms with Crippen molar-refractivity contribution in [3.63, 3.8) is 0 Å². The zero-order valence-electron chi connectivity index (χ0n) is 12.6. The Bertz CT molecular complexity index is 771. The molecule has 0 radical (unpaired) electrons. The van der Waals surface area contributed by atoms with E-state index < -0.39 is 10.0 Å². The summed E-state index contributed by atoms with van der Waals surface area (Å²) in [6.45, 7) is 5.40. The quantitative estimate of drug-likeness (QED) is 0.884. The van der Waals surface area contributed by atoms with Crippen LogP contribution < -0.4 is 10.0 Å². The summed E-state index contributed by atoms with van der Waals surface area (Å²) >= 11 is 0. The maximum atomic E-state index is 12.9. The van der Waals surface area contributed by atoms with Gasteiger partial charge >= 0.3 is 0 Å². The van der Waals surface area contributed by atoms with Crippen LogP contribution in [-0.2, 0) is 10.0 Å². The van der Waals surface area contributed by atoms with E-state index in [1.807, 2.05) is 6.92 Å². The Kier molecular flexibility index (Phi) is 3.91. The molecule has 0 aliphatic heterocycles. The van der Waals surface area contributed by atoms with Crippen LogP contribution >= 0.6 is 0 Å². The fourth-order valence-electron chi connectivity index (χ4n) is 2.41. The van der Waals surface area contributed by atoms with Crippen LogP contribution in [0.1, 0.15) is 16.7 Å². The van der Waals surface area contributed by atoms with Crippen LogP contribution in [0, 0.1) is 20.8 Å². The lowest BCUT2D eigenvalue weighted by Crippen LogP contribution is -2.28. The van der Waals surface area contributed by atoms with Gasteiger partial charge in [-0.05, 0) is 49.6 Å². The zero-order valence-corrected chi connectivity index (χ0v) is 13.4. The number of sulfonamides is 1. The maximum absolute atomic E-state index is 12.9. The van der Waals surface area contributed by atoms with Gasteiger partial charge in [0.2, 0.25) is 0 Å². The Morgan fingerprint density at radius 3 is 2.24 bits per heavy atom. The van der Waals surface area contributed by atoms with Gasteiger partial charge in [0.05, 0.1) is 10.6 Å². The molecule has 112 valence electrons. The van der Waals surface area contributed by atoms with E-state index in [9.17, 15) is 8.42 Å². The number of anilines is 2. The molecule has 2 rings (SSSR count). The smallest absolute Gasteiger partial charge is 0.264 e. The van der Waals surface area contributed by atoms with Gasteiger partial charge in [-0.1, -0.05) is 6.07 Å². The average Bonchev–Trinajstić information content (AvgIpc) is 2.44. The Morgan fingerprint density at radius 1 is 1.10 bits per heavy atom. The third-order valence-corrected chi connectivity index (χ3v) is 5.68. The maximum Gasteiger partial charge on any atom is 0.264 e. The van der Waals surface area contributed by atoms with Gasteiger partial charge < -0.3 is 5.73 Å². The van der Waals surface area contributed by atoms with Gasteiger partial charge in [0.15, 0.2) is 0 Å². The van der Waals surface area contributed by atoms with Crippen LogP contribution in [-0.4, -0.2) is 20.4 Å². The summed E-state index contributed by atoms with van der Waals surface area (Å²) in [5, 5.41) is 0. The van der Waals surface area contributed by atoms with Crippen molar-refractivity contribution < 1.29 is 8.42 Å². The fraction of sp³-hybridized carbons (Fsp3) is 0.267. The number of rotatable bonds is 3. The SMILES string of the molecule is Cc1cc(C)c(S(=O)(=O)N(C)c2ccncc2)c(C)c1N. The summed E-state index contributed by atoms with van der Waals surface area (Å²) in [6, 6.07) is 5.11. The number of benzene rings is 1. The van der Waals surface area contributed by atoms with E-state index in [0.29, 0.717) is 22.5 Å². The first-order valence-electron chi connectivity index (χ1n) is 6.52. The minimum atomic E-state index is -3.67. The number of hydrogen-bond donors (Lipinski definition) is 1. The number of pyridine rings is 1. The molecule has 0 spiro atoms. The van der Waals surface area contributed by atoms with Crippen LogP contribution in [0.15, 0.2) is 35.5 Å². The summed E-state index contributed by atoms with van der Waals surface area (Å²) in [7, 11) is -2.14. The highest BCUT2D eigenvalue weighted by Gasteiger charge is 2.26. The topological polar surface area (TPSA) is 76.3 Å². The number of hydrogen-bond acceptors (Lipinski definition) is 4. The molecule has 0 aliphatic carbocycles. The summed E-state index contributed by atoms with van der Waals surface area (Å²) in [4.78, 5) is 4.17. The molecule has 21 heavy (non-hydrogen) atoms. The molecule has 0 fully saturated rings. The van der Waals surface area contributed by atoms with Gasteiger partial charge in [-0.15, -0.1) is 0 Å². The number of aryl methyl sites for hydroxylation is 2. The van der Waals surface area contributed by atoms with Gasteiger partial charge in [0.1, 0.15) is 0 Å². The summed E-state index contributed by atoms with van der Waals surface area (Å²) in [6.07, 6.45) is 3.12. The second-order valence-corrected chi connectivity index (χ2v) is 6.96. The molecule has 6 heteroatoms. The van der Waals surface area contributed by atoms with Crippen molar-refractivity contribution in [1.82, 2.24) is 4.98 Å². The van der Waals surface area contributed by atoms with E-state index in [1.165, 1.54) is 11.4 Å². The van der Waals surface area contributed by atoms with Gasteiger partial charge in [0, 0.05) is 25.1 Å². The van der Waals surface area contributed by atoms with Gasteiger partial charge in [-0.25, -0.2) is 8.42 Å². The van der Waals surface area contributed by atoms with Crippen LogP contribution in [0.3, 0.4) is 0 Å². The Labute approximate surface area is 125 Å². The molecular formula is C15H19N3O2S. The van der Waals surface area contributed by atoms with E-state index in [4.69, 9.17) is 5.73 Å². The molecular weight excluding hydrogens is 286 g/mol. The van der Waals surface area contributed by atoms with Gasteiger partial charge in [-0.2, -0.15) is 0 Å². The minimum absolute atomic E-state index is 0.268. The largest absolute Gasteiger partial charge is 0.398 e. The van der Waals surface area contributed by atoms with Gasteiger partial charge in [-0.3, -0.25) is 9.29 Å². The molecule has 2 N–H and O–H groups in total. The second kappa shape index (κ2) is 5.37. The third kappa shape index (κ3) is 2.58. The van der Waals surface area contributed by atoms with Gasteiger partial charge in [0.25, 0.3) is 10.0 Å². The molecule has 1 aromatic heterocycles. The molecule has 1 aromatic carbocycles. The molecule has 0 saturated carbocycles. The van der Waals surface area contributed by atoms with Crippen molar-refractivity contribution in [2.24, 2.45) is 0 Å². The first-order chi connectivity index (χ1) is 9.76. The predicted octanol–water partition coefficient (Wildman–Crippen LogP) is 2.41. The second-order valence-electron chi connectivity index (χ2n) is 5.06. The van der Waals surface area contributed by atoms with Crippen molar-refractivity contribution in [2.45, 2.75) is 25.7 Å². The van der Waals surface area contributed by atoms with Crippen LogP contribution in [0.4, 0.5) is 11.4 Å². The van der Waals surface area contributed by atoms with E-state index in [0.717, 1.165) is 5.56 Å². The first kappa shape index (κ1) is 15.3. The van der Waals surface area contributed by atoms with Crippen molar-refractivity contribution >= 4 is 21.4 Å². The van der Waals surface area contributed by atoms with Crippen molar-refractivity contribution in [1.29, 1.82) is 0 Å². The van der Waals surface area contributed by atoms with E-state index in [2.05, 4.69) is 4.98 Å². The third-order valence-electron chi connectivity index (χ3n) is 3.61. The highest BCUT2D eigenvalue weighted by Crippen LogP contribution is 2.31. The van der Waals surface area contributed by atoms with Crippen LogP contribution in [0.25, 0.3) is 0 Å². The van der Waals surface area contributed by atoms with Crippen molar-refractivity contribution in [3.8, 4) is 0 Å². The van der Waals surface area contributed by atoms with Crippen molar-refractivity contribution in [2.75, 3.05) is 17.1 Å². The Morgan fingerprint density at radius 2 is 1.67 bits per heavy atom. The molecule has 1 heterocycles. The first-order valence-corrected chi connectivity index (χ1v) is 7.96. The number of nitrogens with zero attached hydrogens (tertiary/aromatic N) is 2. The highest BCUT2D eigenvalue weighted by atomic mass is 32.2. The van der Waals surface area contributed by atoms with E-state index in [1.54, 1.807) is 44.4 Å². The molecule has 0 amide bonds. The summed E-state index contributed by atoms with van der Waals surface area (Å²) < 4.78 is 27.0. The Balaban J connectivity index is 2.63. The summed E-state index contributed by atoms with van der Waals surface area (Å²) in [5.74, 6) is 0. The predicted molar refractivity (Wildman–Crippen MR) is 84.9 cm³/mol. The lowest BCUT2D eigenvalue weighted by atomic mass is 10.1. The van der Waals surface area contributed by atoms with E-state index in [-0.39, 0.29) is 4.90 Å². The minimum Gasteiger partial charge on any atom is -0.398 e. The fourth-order valence-corrected chi connectivity index (χ4v) is 4.04. The number of nitrogen functional groups attached to an aromatic ring is 1. The summed E-state index contributed by atoms with van der Waals surface area (Å²) in [5.41, 5.74) is 9.24. The highest BCUT2D eigenvalue weighted by molar-refractivity contribution is 7.93. The number of nitrogens with two attached hydrogens (primary N) is 1.